The van der Waals surface area contributed by atoms with Crippen molar-refractivity contribution >= 4 is 5.91 Å². The van der Waals surface area contributed by atoms with Crippen LogP contribution in [0.15, 0.2) is 40.9 Å². The van der Waals surface area contributed by atoms with Crippen LogP contribution in [-0.2, 0) is 6.61 Å². The molecule has 1 unspecified atom stereocenters. The van der Waals surface area contributed by atoms with Crippen LogP contribution in [-0.4, -0.2) is 11.1 Å². The highest BCUT2D eigenvalue weighted by Crippen LogP contribution is 2.25. The fourth-order valence-electron chi connectivity index (χ4n) is 3.56. The Bertz CT molecular complexity index is 1020. The molecule has 152 valence electrons. The van der Waals surface area contributed by atoms with E-state index in [4.69, 9.17) is 9.26 Å². The summed E-state index contributed by atoms with van der Waals surface area (Å²) in [5.41, 5.74) is 6.46. The average molecular weight is 392 g/mol. The standard InChI is InChI=1S/C24H28N2O3/c1-14-10-11-20(17(4)12-14)18(5)25-24(27)22-21(19(6)29-26-22)13-28-23-15(2)8-7-9-16(23)3/h7-12,18H,13H2,1-6H3,(H,25,27). The first-order valence-corrected chi connectivity index (χ1v) is 9.80. The minimum Gasteiger partial charge on any atom is -0.488 e. The first-order valence-electron chi connectivity index (χ1n) is 9.80. The number of aryl methyl sites for hydroxylation is 5. The van der Waals surface area contributed by atoms with Crippen molar-refractivity contribution in [2.45, 2.75) is 54.2 Å². The maximum Gasteiger partial charge on any atom is 0.274 e. The van der Waals surface area contributed by atoms with Crippen molar-refractivity contribution in [3.05, 3.63) is 81.2 Å². The van der Waals surface area contributed by atoms with E-state index in [1.165, 1.54) is 5.56 Å². The number of hydrogen-bond acceptors (Lipinski definition) is 4. The Hall–Kier alpha value is -3.08. The average Bonchev–Trinajstić information content (AvgIpc) is 3.02. The van der Waals surface area contributed by atoms with Gasteiger partial charge in [0.2, 0.25) is 0 Å². The number of para-hydroxylation sites is 1. The van der Waals surface area contributed by atoms with Gasteiger partial charge in [-0.1, -0.05) is 47.1 Å². The second-order valence-corrected chi connectivity index (χ2v) is 7.63. The van der Waals surface area contributed by atoms with Gasteiger partial charge in [0, 0.05) is 0 Å². The predicted molar refractivity (Wildman–Crippen MR) is 113 cm³/mol. The predicted octanol–water partition coefficient (Wildman–Crippen LogP) is 5.29. The molecule has 0 bridgehead atoms. The molecule has 0 saturated carbocycles. The zero-order chi connectivity index (χ0) is 21.1. The van der Waals surface area contributed by atoms with E-state index in [-0.39, 0.29) is 24.2 Å². The molecule has 5 heteroatoms. The summed E-state index contributed by atoms with van der Waals surface area (Å²) in [4.78, 5) is 12.9. The van der Waals surface area contributed by atoms with E-state index in [9.17, 15) is 4.79 Å². The van der Waals surface area contributed by atoms with E-state index in [1.807, 2.05) is 39.0 Å². The van der Waals surface area contributed by atoms with Crippen LogP contribution in [0.25, 0.3) is 0 Å². The Labute approximate surface area is 172 Å². The van der Waals surface area contributed by atoms with Crippen LogP contribution < -0.4 is 10.1 Å². The molecule has 0 fully saturated rings. The van der Waals surface area contributed by atoms with Crippen molar-refractivity contribution < 1.29 is 14.1 Å². The van der Waals surface area contributed by atoms with E-state index in [0.717, 1.165) is 28.0 Å². The molecule has 0 saturated heterocycles. The molecule has 29 heavy (non-hydrogen) atoms. The van der Waals surface area contributed by atoms with Gasteiger partial charge in [0.15, 0.2) is 5.69 Å². The van der Waals surface area contributed by atoms with Gasteiger partial charge in [-0.3, -0.25) is 4.79 Å². The zero-order valence-corrected chi connectivity index (χ0v) is 17.9. The number of amides is 1. The third-order valence-corrected chi connectivity index (χ3v) is 5.21. The summed E-state index contributed by atoms with van der Waals surface area (Å²) in [6.07, 6.45) is 0. The SMILES string of the molecule is Cc1ccc(C(C)NC(=O)c2noc(C)c2COc2c(C)cccc2C)c(C)c1. The summed E-state index contributed by atoms with van der Waals surface area (Å²) >= 11 is 0. The van der Waals surface area contributed by atoms with E-state index in [0.29, 0.717) is 11.3 Å². The molecule has 2 aromatic carbocycles. The van der Waals surface area contributed by atoms with Crippen LogP contribution in [0, 0.1) is 34.6 Å². The Morgan fingerprint density at radius 1 is 1.07 bits per heavy atom. The van der Waals surface area contributed by atoms with Gasteiger partial charge < -0.3 is 14.6 Å². The molecule has 0 radical (unpaired) electrons. The lowest BCUT2D eigenvalue weighted by Gasteiger charge is -2.17. The molecule has 1 N–H and O–H groups in total. The highest BCUT2D eigenvalue weighted by molar-refractivity contribution is 5.94. The van der Waals surface area contributed by atoms with Gasteiger partial charge >= 0.3 is 0 Å². The number of nitrogens with one attached hydrogen (secondary N) is 1. The van der Waals surface area contributed by atoms with Crippen LogP contribution in [0.5, 0.6) is 5.75 Å². The van der Waals surface area contributed by atoms with Gasteiger partial charge in [-0.15, -0.1) is 0 Å². The normalized spacial score (nSPS) is 11.9. The molecule has 3 rings (SSSR count). The molecule has 1 amide bonds. The summed E-state index contributed by atoms with van der Waals surface area (Å²) in [5, 5.41) is 7.02. The Kier molecular flexibility index (Phi) is 6.06. The Morgan fingerprint density at radius 2 is 1.76 bits per heavy atom. The number of carbonyl (C=O) groups is 1. The quantitative estimate of drug-likeness (QED) is 0.619. The molecule has 1 heterocycles. The minimum absolute atomic E-state index is 0.146. The lowest BCUT2D eigenvalue weighted by molar-refractivity contribution is 0.0928. The largest absolute Gasteiger partial charge is 0.488 e. The molecule has 1 atom stereocenters. The molecular weight excluding hydrogens is 364 g/mol. The van der Waals surface area contributed by atoms with Crippen LogP contribution in [0.3, 0.4) is 0 Å². The number of rotatable bonds is 6. The Morgan fingerprint density at radius 3 is 2.41 bits per heavy atom. The molecule has 3 aromatic rings. The fourth-order valence-corrected chi connectivity index (χ4v) is 3.56. The molecule has 0 aliphatic heterocycles. The molecule has 0 aliphatic rings. The molecule has 1 aromatic heterocycles. The first kappa shape index (κ1) is 20.6. The van der Waals surface area contributed by atoms with Crippen LogP contribution in [0.1, 0.15) is 62.6 Å². The third-order valence-electron chi connectivity index (χ3n) is 5.21. The first-order chi connectivity index (χ1) is 13.8. The smallest absolute Gasteiger partial charge is 0.274 e. The maximum absolute atomic E-state index is 12.9. The van der Waals surface area contributed by atoms with Crippen molar-refractivity contribution in [2.24, 2.45) is 0 Å². The van der Waals surface area contributed by atoms with Crippen molar-refractivity contribution in [1.82, 2.24) is 10.5 Å². The van der Waals surface area contributed by atoms with Crippen molar-refractivity contribution in [3.63, 3.8) is 0 Å². The highest BCUT2D eigenvalue weighted by Gasteiger charge is 2.23. The molecule has 0 spiro atoms. The minimum atomic E-state index is -0.269. The number of aromatic nitrogens is 1. The number of ether oxygens (including phenoxy) is 1. The Balaban J connectivity index is 1.77. The van der Waals surface area contributed by atoms with Gasteiger partial charge in [-0.25, -0.2) is 0 Å². The summed E-state index contributed by atoms with van der Waals surface area (Å²) in [6, 6.07) is 12.1. The number of nitrogens with zero attached hydrogens (tertiary/aromatic N) is 1. The van der Waals surface area contributed by atoms with Gasteiger partial charge in [0.05, 0.1) is 11.6 Å². The monoisotopic (exact) mass is 392 g/mol. The van der Waals surface area contributed by atoms with Crippen LogP contribution in [0.4, 0.5) is 0 Å². The molecule has 5 nitrogen and oxygen atoms in total. The number of hydrogen-bond donors (Lipinski definition) is 1. The van der Waals surface area contributed by atoms with E-state index in [2.05, 4.69) is 42.5 Å². The summed E-state index contributed by atoms with van der Waals surface area (Å²) in [6.45, 7) is 12.1. The summed E-state index contributed by atoms with van der Waals surface area (Å²) in [7, 11) is 0. The fraction of sp³-hybridized carbons (Fsp3) is 0.333. The number of carbonyl (C=O) groups excluding carboxylic acids is 1. The summed E-state index contributed by atoms with van der Waals surface area (Å²) in [5.74, 6) is 1.14. The number of benzene rings is 2. The second-order valence-electron chi connectivity index (χ2n) is 7.63. The van der Waals surface area contributed by atoms with Gasteiger partial charge in [0.1, 0.15) is 18.1 Å². The van der Waals surface area contributed by atoms with E-state index in [1.54, 1.807) is 6.92 Å². The van der Waals surface area contributed by atoms with Crippen molar-refractivity contribution in [3.8, 4) is 5.75 Å². The van der Waals surface area contributed by atoms with Gasteiger partial charge in [0.25, 0.3) is 5.91 Å². The lowest BCUT2D eigenvalue weighted by atomic mass is 10.00. The highest BCUT2D eigenvalue weighted by atomic mass is 16.5. The van der Waals surface area contributed by atoms with Crippen LogP contribution in [0.2, 0.25) is 0 Å². The van der Waals surface area contributed by atoms with Gasteiger partial charge in [-0.2, -0.15) is 0 Å². The maximum atomic E-state index is 12.9. The summed E-state index contributed by atoms with van der Waals surface area (Å²) < 4.78 is 11.3. The van der Waals surface area contributed by atoms with Crippen molar-refractivity contribution in [2.75, 3.05) is 0 Å². The van der Waals surface area contributed by atoms with E-state index >= 15 is 0 Å². The molecule has 0 aliphatic carbocycles. The van der Waals surface area contributed by atoms with Crippen molar-refractivity contribution in [1.29, 1.82) is 0 Å². The van der Waals surface area contributed by atoms with Crippen LogP contribution >= 0.6 is 0 Å². The molecular formula is C24H28N2O3. The zero-order valence-electron chi connectivity index (χ0n) is 17.9. The topological polar surface area (TPSA) is 64.4 Å². The van der Waals surface area contributed by atoms with E-state index < -0.39 is 0 Å². The second kappa shape index (κ2) is 8.52. The lowest BCUT2D eigenvalue weighted by Crippen LogP contribution is -2.28. The van der Waals surface area contributed by atoms with Gasteiger partial charge in [-0.05, 0) is 63.8 Å². The third kappa shape index (κ3) is 4.50.